The second-order valence-electron chi connectivity index (χ2n) is 17.6. The van der Waals surface area contributed by atoms with Crippen molar-refractivity contribution in [3.05, 3.63) is 0 Å². The number of piperidine rings is 1. The lowest BCUT2D eigenvalue weighted by Crippen LogP contribution is -2.71. The fraction of sp³-hybridized carbons (Fsp3) is 0.939. The first kappa shape index (κ1) is 31.5. The molecule has 1 amide bonds. The molecule has 224 valence electrons. The van der Waals surface area contributed by atoms with E-state index in [0.717, 1.165) is 25.5 Å². The molecule has 1 aliphatic heterocycles. The van der Waals surface area contributed by atoms with Crippen molar-refractivity contribution in [3.8, 4) is 0 Å². The molecule has 1 saturated heterocycles. The zero-order valence-electron chi connectivity index (χ0n) is 27.6. The number of carbonyl (C=O) groups excluding carboxylic acids is 2. The summed E-state index contributed by atoms with van der Waals surface area (Å²) < 4.78 is 9.70. The quantitative estimate of drug-likeness (QED) is 0.235. The summed E-state index contributed by atoms with van der Waals surface area (Å²) in [5.74, 6) is 2.87. The van der Waals surface area contributed by atoms with Crippen molar-refractivity contribution in [2.75, 3.05) is 0 Å². The highest BCUT2D eigenvalue weighted by atomic mass is 28.4. The van der Waals surface area contributed by atoms with E-state index in [2.05, 4.69) is 86.1 Å². The lowest BCUT2D eigenvalue weighted by atomic mass is 9.44. The van der Waals surface area contributed by atoms with E-state index >= 15 is 0 Å². The molecule has 0 aromatic rings. The maximum absolute atomic E-state index is 13.7. The van der Waals surface area contributed by atoms with Gasteiger partial charge < -0.3 is 13.8 Å². The van der Waals surface area contributed by atoms with E-state index in [0.29, 0.717) is 54.6 Å². The molecule has 0 N–H and O–H groups in total. The van der Waals surface area contributed by atoms with E-state index in [-0.39, 0.29) is 20.9 Å². The van der Waals surface area contributed by atoms with E-state index in [1.54, 1.807) is 0 Å². The topological polar surface area (TPSA) is 46.6 Å². The third kappa shape index (κ3) is 4.98. The summed E-state index contributed by atoms with van der Waals surface area (Å²) in [6.07, 6.45) is 10.9. The summed E-state index contributed by atoms with van der Waals surface area (Å²) in [6.45, 7) is 29.0. The van der Waals surface area contributed by atoms with Gasteiger partial charge in [-0.05, 0) is 103 Å². The first-order valence-corrected chi connectivity index (χ1v) is 22.0. The number of hydrogen-bond acceptors (Lipinski definition) is 3. The summed E-state index contributed by atoms with van der Waals surface area (Å²) in [5.41, 5.74) is 0.397. The van der Waals surface area contributed by atoms with Gasteiger partial charge in [-0.15, -0.1) is 0 Å². The van der Waals surface area contributed by atoms with Gasteiger partial charge in [-0.3, -0.25) is 4.79 Å². The lowest BCUT2D eigenvalue weighted by Gasteiger charge is -2.67. The van der Waals surface area contributed by atoms with Gasteiger partial charge in [0, 0.05) is 18.9 Å². The first-order chi connectivity index (χ1) is 17.7. The Morgan fingerprint density at radius 3 is 2.10 bits per heavy atom. The molecule has 0 aromatic heterocycles. The molecule has 4 fully saturated rings. The van der Waals surface area contributed by atoms with Crippen molar-refractivity contribution in [2.45, 2.75) is 162 Å². The molecule has 4 aliphatic rings. The number of amides is 1. The van der Waals surface area contributed by atoms with Gasteiger partial charge in [0.15, 0.2) is 16.6 Å². The number of nitrogens with zero attached hydrogens (tertiary/aromatic N) is 1. The van der Waals surface area contributed by atoms with Crippen LogP contribution in [-0.2, 0) is 14.0 Å². The second-order valence-corrected chi connectivity index (χ2v) is 27.5. The molecular weight excluding hydrogens is 515 g/mol. The first-order valence-electron chi connectivity index (χ1n) is 16.2. The van der Waals surface area contributed by atoms with Gasteiger partial charge in [-0.2, -0.15) is 0 Å². The van der Waals surface area contributed by atoms with Crippen LogP contribution in [0.1, 0.15) is 113 Å². The Kier molecular flexibility index (Phi) is 8.13. The van der Waals surface area contributed by atoms with Gasteiger partial charge in [-0.25, -0.2) is 0 Å². The second kappa shape index (κ2) is 10.1. The molecule has 3 aliphatic carbocycles. The van der Waals surface area contributed by atoms with Crippen LogP contribution in [0.25, 0.3) is 0 Å². The van der Waals surface area contributed by atoms with Gasteiger partial charge in [0.1, 0.15) is 6.29 Å². The molecule has 0 bridgehead atoms. The molecular formula is C33H61NO3Si2. The van der Waals surface area contributed by atoms with Crippen molar-refractivity contribution >= 4 is 28.7 Å². The Hall–Kier alpha value is -0.466. The zero-order valence-corrected chi connectivity index (χ0v) is 29.6. The monoisotopic (exact) mass is 575 g/mol. The third-order valence-corrected chi connectivity index (χ3v) is 23.6. The van der Waals surface area contributed by atoms with Crippen LogP contribution in [0.2, 0.25) is 36.3 Å². The molecule has 4 rings (SSSR count). The lowest BCUT2D eigenvalue weighted by molar-refractivity contribution is -0.164. The van der Waals surface area contributed by atoms with E-state index in [4.69, 9.17) is 4.43 Å². The number of rotatable bonds is 6. The molecule has 3 unspecified atom stereocenters. The smallest absolute Gasteiger partial charge is 0.214 e. The van der Waals surface area contributed by atoms with Crippen LogP contribution < -0.4 is 0 Å². The molecule has 39 heavy (non-hydrogen) atoms. The van der Waals surface area contributed by atoms with Crippen molar-refractivity contribution in [3.63, 3.8) is 0 Å². The normalized spacial score (nSPS) is 39.7. The highest BCUT2D eigenvalue weighted by molar-refractivity contribution is 6.79. The fourth-order valence-electron chi connectivity index (χ4n) is 9.34. The van der Waals surface area contributed by atoms with E-state index in [1.807, 2.05) is 0 Å². The van der Waals surface area contributed by atoms with E-state index < -0.39 is 16.6 Å². The number of carbonyl (C=O) groups is 2. The highest BCUT2D eigenvalue weighted by Gasteiger charge is 2.66. The summed E-state index contributed by atoms with van der Waals surface area (Å²) >= 11 is 0. The predicted octanol–water partition coefficient (Wildman–Crippen LogP) is 8.82. The minimum atomic E-state index is -2.04. The average Bonchev–Trinajstić information content (AvgIpc) is 3.12. The van der Waals surface area contributed by atoms with Crippen molar-refractivity contribution < 1.29 is 14.0 Å². The fourth-order valence-corrected chi connectivity index (χ4v) is 13.4. The summed E-state index contributed by atoms with van der Waals surface area (Å²) in [6, 6.07) is 0.322. The number of aldehydes is 1. The van der Waals surface area contributed by atoms with Crippen LogP contribution in [0.15, 0.2) is 0 Å². The van der Waals surface area contributed by atoms with Crippen LogP contribution in [0.4, 0.5) is 0 Å². The largest absolute Gasteiger partial charge is 0.413 e. The Morgan fingerprint density at radius 1 is 0.923 bits per heavy atom. The van der Waals surface area contributed by atoms with Crippen LogP contribution in [0.5, 0.6) is 0 Å². The molecule has 1 heterocycles. The van der Waals surface area contributed by atoms with Gasteiger partial charge in [-0.1, -0.05) is 68.5 Å². The van der Waals surface area contributed by atoms with E-state index in [1.165, 1.54) is 25.7 Å². The summed E-state index contributed by atoms with van der Waals surface area (Å²) in [7, 11) is -3.90. The maximum Gasteiger partial charge on any atom is 0.214 e. The zero-order chi connectivity index (χ0) is 29.4. The Labute approximate surface area is 243 Å². The Balaban J connectivity index is 1.72. The van der Waals surface area contributed by atoms with Gasteiger partial charge in [0.05, 0.1) is 6.10 Å². The standard InChI is InChI=1S/C33H61NO3Si2/c1-30(2,3)38(9,10)34-26-22-23(14-13-21-35)29-24-15-16-27(37-39(11,12)31(4,5)6)33(24,8)19-17-25(29)32(26,7)20-18-28(34)36/h21,23-27,29H,13-20,22H2,1-12H3/t23?,24-,25+,26?,27?,29-,32+,33-/m0/s1. The van der Waals surface area contributed by atoms with Gasteiger partial charge in [0.25, 0.3) is 0 Å². The SMILES string of the molecule is CC(C)(C)[Si](C)(C)OC1CC[C@H]2[C@@H]3C(CCC=O)CC4N([Si](C)(C)C(C)(C)C)C(=O)CC[C@]4(C)[C@@H]3CC[C@]12C. The van der Waals surface area contributed by atoms with Crippen molar-refractivity contribution in [2.24, 2.45) is 34.5 Å². The maximum atomic E-state index is 13.7. The molecule has 8 atom stereocenters. The summed E-state index contributed by atoms with van der Waals surface area (Å²) in [5, 5.41) is 0.347. The minimum Gasteiger partial charge on any atom is -0.413 e. The Bertz CT molecular complexity index is 950. The predicted molar refractivity (Wildman–Crippen MR) is 168 cm³/mol. The molecule has 0 radical (unpaired) electrons. The van der Waals surface area contributed by atoms with E-state index in [9.17, 15) is 9.59 Å². The number of fused-ring (bicyclic) bond motifs is 5. The third-order valence-electron chi connectivity index (χ3n) is 13.7. The average molecular weight is 576 g/mol. The van der Waals surface area contributed by atoms with Crippen LogP contribution >= 0.6 is 0 Å². The molecule has 3 saturated carbocycles. The van der Waals surface area contributed by atoms with Crippen molar-refractivity contribution in [1.82, 2.24) is 4.57 Å². The Morgan fingerprint density at radius 2 is 1.54 bits per heavy atom. The molecule has 4 nitrogen and oxygen atoms in total. The van der Waals surface area contributed by atoms with Crippen LogP contribution in [0, 0.1) is 34.5 Å². The van der Waals surface area contributed by atoms with Crippen LogP contribution in [-0.4, -0.2) is 45.5 Å². The van der Waals surface area contributed by atoms with Crippen molar-refractivity contribution in [1.29, 1.82) is 0 Å². The van der Waals surface area contributed by atoms with Gasteiger partial charge in [0.2, 0.25) is 5.91 Å². The highest BCUT2D eigenvalue weighted by Crippen LogP contribution is 2.68. The van der Waals surface area contributed by atoms with Crippen LogP contribution in [0.3, 0.4) is 0 Å². The summed E-state index contributed by atoms with van der Waals surface area (Å²) in [4.78, 5) is 25.4. The number of hydrogen-bond donors (Lipinski definition) is 0. The van der Waals surface area contributed by atoms with Gasteiger partial charge >= 0.3 is 0 Å². The molecule has 6 heteroatoms. The molecule has 0 spiro atoms. The molecule has 0 aromatic carbocycles. The minimum absolute atomic E-state index is 0.126.